The number of anilines is 1. The van der Waals surface area contributed by atoms with Crippen LogP contribution in [0.2, 0.25) is 5.02 Å². The molecule has 0 unspecified atom stereocenters. The number of amides is 1. The van der Waals surface area contributed by atoms with Crippen molar-refractivity contribution in [3.63, 3.8) is 0 Å². The van der Waals surface area contributed by atoms with E-state index in [2.05, 4.69) is 10.0 Å². The van der Waals surface area contributed by atoms with E-state index in [0.717, 1.165) is 12.8 Å². The van der Waals surface area contributed by atoms with E-state index in [1.165, 1.54) is 18.2 Å². The summed E-state index contributed by atoms with van der Waals surface area (Å²) in [6.07, 6.45) is 1.62. The Hall–Kier alpha value is -2.49. The quantitative estimate of drug-likeness (QED) is 0.564. The predicted octanol–water partition coefficient (Wildman–Crippen LogP) is 3.21. The molecule has 0 saturated heterocycles. The van der Waals surface area contributed by atoms with Crippen molar-refractivity contribution < 1.29 is 27.4 Å². The maximum atomic E-state index is 12.2. The molecule has 0 aromatic heterocycles. The van der Waals surface area contributed by atoms with E-state index >= 15 is 0 Å². The standard InChI is InChI=1S/C20H23ClN2O6S/c1-2-3-8-22-30(25,26)15-5-7-17(16(21)12-15)29-13-20(24)23-14-4-6-18-19(11-14)28-10-9-27-18/h4-7,11-12,22H,2-3,8-10,13H2,1H3,(H,23,24). The second-order valence-electron chi connectivity index (χ2n) is 6.54. The third-order valence-electron chi connectivity index (χ3n) is 4.22. The van der Waals surface area contributed by atoms with Gasteiger partial charge in [0.25, 0.3) is 5.91 Å². The van der Waals surface area contributed by atoms with Crippen LogP contribution in [0.1, 0.15) is 19.8 Å². The Kier molecular flexibility index (Phi) is 7.41. The SMILES string of the molecule is CCCCNS(=O)(=O)c1ccc(OCC(=O)Nc2ccc3c(c2)OCCO3)c(Cl)c1. The lowest BCUT2D eigenvalue weighted by Gasteiger charge is -2.19. The Bertz CT molecular complexity index is 1010. The van der Waals surface area contributed by atoms with Gasteiger partial charge in [0.1, 0.15) is 19.0 Å². The van der Waals surface area contributed by atoms with Crippen LogP contribution in [0.25, 0.3) is 0 Å². The van der Waals surface area contributed by atoms with Gasteiger partial charge in [-0.2, -0.15) is 0 Å². The van der Waals surface area contributed by atoms with Crippen LogP contribution in [0.4, 0.5) is 5.69 Å². The zero-order valence-corrected chi connectivity index (χ0v) is 18.0. The van der Waals surface area contributed by atoms with E-state index in [0.29, 0.717) is 36.9 Å². The molecule has 0 spiro atoms. The van der Waals surface area contributed by atoms with Gasteiger partial charge in [-0.25, -0.2) is 13.1 Å². The molecule has 0 saturated carbocycles. The van der Waals surface area contributed by atoms with E-state index in [9.17, 15) is 13.2 Å². The molecule has 30 heavy (non-hydrogen) atoms. The first-order valence-electron chi connectivity index (χ1n) is 9.50. The number of unbranched alkanes of at least 4 members (excludes halogenated alkanes) is 1. The smallest absolute Gasteiger partial charge is 0.262 e. The molecule has 0 aliphatic carbocycles. The molecule has 1 aliphatic heterocycles. The number of carbonyl (C=O) groups excluding carboxylic acids is 1. The van der Waals surface area contributed by atoms with E-state index in [-0.39, 0.29) is 22.3 Å². The average Bonchev–Trinajstić information content (AvgIpc) is 2.73. The zero-order chi connectivity index (χ0) is 21.6. The molecule has 0 radical (unpaired) electrons. The number of hydrogen-bond donors (Lipinski definition) is 2. The van der Waals surface area contributed by atoms with Crippen molar-refractivity contribution >= 4 is 33.2 Å². The molecular formula is C20H23ClN2O6S. The second-order valence-corrected chi connectivity index (χ2v) is 8.71. The van der Waals surface area contributed by atoms with Gasteiger partial charge in [-0.05, 0) is 36.8 Å². The number of ether oxygens (including phenoxy) is 3. The largest absolute Gasteiger partial charge is 0.486 e. The van der Waals surface area contributed by atoms with Gasteiger partial charge in [0.15, 0.2) is 18.1 Å². The van der Waals surface area contributed by atoms with Crippen LogP contribution < -0.4 is 24.2 Å². The first-order valence-corrected chi connectivity index (χ1v) is 11.4. The molecule has 0 atom stereocenters. The minimum atomic E-state index is -3.64. The van der Waals surface area contributed by atoms with Crippen LogP contribution in [0.3, 0.4) is 0 Å². The van der Waals surface area contributed by atoms with Crippen LogP contribution >= 0.6 is 11.6 Å². The first kappa shape index (κ1) is 22.2. The fourth-order valence-electron chi connectivity index (χ4n) is 2.69. The second kappa shape index (κ2) is 10.0. The Balaban J connectivity index is 1.57. The van der Waals surface area contributed by atoms with E-state index in [1.807, 2.05) is 6.92 Å². The molecule has 1 heterocycles. The maximum absolute atomic E-state index is 12.2. The van der Waals surface area contributed by atoms with E-state index in [1.54, 1.807) is 18.2 Å². The van der Waals surface area contributed by atoms with Gasteiger partial charge in [0, 0.05) is 18.3 Å². The lowest BCUT2D eigenvalue weighted by Crippen LogP contribution is -2.24. The Labute approximate surface area is 180 Å². The molecule has 8 nitrogen and oxygen atoms in total. The van der Waals surface area contributed by atoms with Crippen LogP contribution in [0.5, 0.6) is 17.2 Å². The summed E-state index contributed by atoms with van der Waals surface area (Å²) in [6.45, 7) is 2.97. The van der Waals surface area contributed by atoms with Crippen molar-refractivity contribution in [2.24, 2.45) is 0 Å². The predicted molar refractivity (Wildman–Crippen MR) is 113 cm³/mol. The minimum absolute atomic E-state index is 0.0386. The normalized spacial score (nSPS) is 13.0. The summed E-state index contributed by atoms with van der Waals surface area (Å²) in [5, 5.41) is 2.80. The van der Waals surface area contributed by atoms with Crippen LogP contribution in [0.15, 0.2) is 41.3 Å². The van der Waals surface area contributed by atoms with Crippen molar-refractivity contribution in [2.75, 3.05) is 31.7 Å². The van der Waals surface area contributed by atoms with E-state index < -0.39 is 15.9 Å². The summed E-state index contributed by atoms with van der Waals surface area (Å²) < 4.78 is 43.4. The van der Waals surface area contributed by atoms with Gasteiger partial charge in [-0.1, -0.05) is 24.9 Å². The summed E-state index contributed by atoms with van der Waals surface area (Å²) in [4.78, 5) is 12.2. The molecule has 3 rings (SSSR count). The monoisotopic (exact) mass is 454 g/mol. The third kappa shape index (κ3) is 5.78. The number of rotatable bonds is 9. The van der Waals surface area contributed by atoms with Gasteiger partial charge < -0.3 is 19.5 Å². The lowest BCUT2D eigenvalue weighted by atomic mass is 10.2. The summed E-state index contributed by atoms with van der Waals surface area (Å²) >= 11 is 6.14. The molecule has 2 aromatic rings. The van der Waals surface area contributed by atoms with Crippen molar-refractivity contribution in [3.05, 3.63) is 41.4 Å². The van der Waals surface area contributed by atoms with Crippen LogP contribution in [0, 0.1) is 0 Å². The molecule has 2 aromatic carbocycles. The van der Waals surface area contributed by atoms with Crippen LogP contribution in [-0.2, 0) is 14.8 Å². The molecular weight excluding hydrogens is 432 g/mol. The Morgan fingerprint density at radius 3 is 2.63 bits per heavy atom. The Morgan fingerprint density at radius 2 is 1.90 bits per heavy atom. The molecule has 0 bridgehead atoms. The molecule has 1 aliphatic rings. The number of halogens is 1. The van der Waals surface area contributed by atoms with E-state index in [4.69, 9.17) is 25.8 Å². The van der Waals surface area contributed by atoms with Crippen molar-refractivity contribution in [2.45, 2.75) is 24.7 Å². The van der Waals surface area contributed by atoms with Gasteiger partial charge in [-0.15, -0.1) is 0 Å². The summed E-state index contributed by atoms with van der Waals surface area (Å²) in [5.74, 6) is 0.996. The number of benzene rings is 2. The number of nitrogens with one attached hydrogen (secondary N) is 2. The Morgan fingerprint density at radius 1 is 1.13 bits per heavy atom. The van der Waals surface area contributed by atoms with Crippen molar-refractivity contribution in [3.8, 4) is 17.2 Å². The highest BCUT2D eigenvalue weighted by Crippen LogP contribution is 2.32. The highest BCUT2D eigenvalue weighted by molar-refractivity contribution is 7.89. The van der Waals surface area contributed by atoms with Gasteiger partial charge in [0.2, 0.25) is 10.0 Å². The van der Waals surface area contributed by atoms with Crippen molar-refractivity contribution in [1.29, 1.82) is 0 Å². The lowest BCUT2D eigenvalue weighted by molar-refractivity contribution is -0.118. The highest BCUT2D eigenvalue weighted by Gasteiger charge is 2.17. The molecule has 10 heteroatoms. The van der Waals surface area contributed by atoms with Gasteiger partial charge in [0.05, 0.1) is 9.92 Å². The summed E-state index contributed by atoms with van der Waals surface area (Å²) in [7, 11) is -3.64. The topological polar surface area (TPSA) is 103 Å². The van der Waals surface area contributed by atoms with Gasteiger partial charge in [-0.3, -0.25) is 4.79 Å². The number of carbonyl (C=O) groups is 1. The van der Waals surface area contributed by atoms with Gasteiger partial charge >= 0.3 is 0 Å². The first-order chi connectivity index (χ1) is 14.4. The highest BCUT2D eigenvalue weighted by atomic mass is 35.5. The number of hydrogen-bond acceptors (Lipinski definition) is 6. The fourth-order valence-corrected chi connectivity index (χ4v) is 4.09. The molecule has 2 N–H and O–H groups in total. The minimum Gasteiger partial charge on any atom is -0.486 e. The molecule has 1 amide bonds. The third-order valence-corrected chi connectivity index (χ3v) is 5.97. The average molecular weight is 455 g/mol. The maximum Gasteiger partial charge on any atom is 0.262 e. The number of sulfonamides is 1. The fraction of sp³-hybridized carbons (Fsp3) is 0.350. The summed E-state index contributed by atoms with van der Waals surface area (Å²) in [5.41, 5.74) is 0.540. The number of fused-ring (bicyclic) bond motifs is 1. The summed E-state index contributed by atoms with van der Waals surface area (Å²) in [6, 6.07) is 9.19. The zero-order valence-electron chi connectivity index (χ0n) is 16.4. The molecule has 162 valence electrons. The molecule has 0 fully saturated rings. The van der Waals surface area contributed by atoms with Crippen molar-refractivity contribution in [1.82, 2.24) is 4.72 Å². The van der Waals surface area contributed by atoms with Crippen LogP contribution in [-0.4, -0.2) is 40.7 Å².